The maximum atomic E-state index is 14.8. The Balaban J connectivity index is 1.08. The Bertz CT molecular complexity index is 923. The molecule has 0 bridgehead atoms. The van der Waals surface area contributed by atoms with E-state index in [-0.39, 0.29) is 18.7 Å². The molecule has 32 heavy (non-hydrogen) atoms. The zero-order valence-electron chi connectivity index (χ0n) is 18.0. The van der Waals surface area contributed by atoms with Gasteiger partial charge in [-0.15, -0.1) is 0 Å². The van der Waals surface area contributed by atoms with Gasteiger partial charge in [0, 0.05) is 25.4 Å². The molecule has 3 atom stereocenters. The third-order valence-electron chi connectivity index (χ3n) is 6.73. The number of ether oxygens (including phenoxy) is 3. The number of hydrogen-bond acceptors (Lipinski definition) is 5. The van der Waals surface area contributed by atoms with Crippen LogP contribution in [0.3, 0.4) is 0 Å². The molecule has 1 amide bonds. The predicted molar refractivity (Wildman–Crippen MR) is 119 cm³/mol. The Labute approximate surface area is 187 Å². The van der Waals surface area contributed by atoms with E-state index in [1.807, 2.05) is 30.3 Å². The van der Waals surface area contributed by atoms with Crippen LogP contribution in [0.15, 0.2) is 48.5 Å². The quantitative estimate of drug-likeness (QED) is 0.670. The van der Waals surface area contributed by atoms with E-state index in [9.17, 15) is 9.18 Å². The highest BCUT2D eigenvalue weighted by atomic mass is 19.1. The molecule has 1 saturated carbocycles. The van der Waals surface area contributed by atoms with Crippen LogP contribution in [0.25, 0.3) is 0 Å². The lowest BCUT2D eigenvalue weighted by atomic mass is 10.2. The molecule has 7 heteroatoms. The van der Waals surface area contributed by atoms with E-state index in [2.05, 4.69) is 10.2 Å². The number of nitrogens with one attached hydrogen (secondary N) is 1. The molecular formula is C25H29FN2O4. The van der Waals surface area contributed by atoms with Crippen molar-refractivity contribution in [1.29, 1.82) is 0 Å². The maximum Gasteiger partial charge on any atom is 0.411 e. The van der Waals surface area contributed by atoms with Gasteiger partial charge < -0.3 is 19.1 Å². The minimum Gasteiger partial charge on any atom is -0.444 e. The summed E-state index contributed by atoms with van der Waals surface area (Å²) in [5.41, 5.74) is 1.86. The van der Waals surface area contributed by atoms with Crippen LogP contribution in [-0.2, 0) is 20.8 Å². The van der Waals surface area contributed by atoms with Crippen molar-refractivity contribution in [1.82, 2.24) is 0 Å². The molecule has 2 aromatic carbocycles. The highest BCUT2D eigenvalue weighted by Gasteiger charge is 2.56. The number of hydrogen-bond donors (Lipinski definition) is 1. The number of benzene rings is 2. The van der Waals surface area contributed by atoms with Crippen LogP contribution in [-0.4, -0.2) is 38.7 Å². The molecule has 6 nitrogen and oxygen atoms in total. The van der Waals surface area contributed by atoms with E-state index >= 15 is 0 Å². The first kappa shape index (κ1) is 21.2. The molecule has 1 aliphatic carbocycles. The van der Waals surface area contributed by atoms with Crippen LogP contribution in [0.4, 0.5) is 20.6 Å². The highest BCUT2D eigenvalue weighted by molar-refractivity contribution is 5.85. The smallest absolute Gasteiger partial charge is 0.411 e. The van der Waals surface area contributed by atoms with Gasteiger partial charge in [0.05, 0.1) is 12.3 Å². The number of carbonyl (C=O) groups excluding carboxylic acids is 1. The van der Waals surface area contributed by atoms with Gasteiger partial charge in [0.15, 0.2) is 6.29 Å². The molecule has 2 aromatic rings. The van der Waals surface area contributed by atoms with E-state index in [0.717, 1.165) is 44.7 Å². The zero-order valence-corrected chi connectivity index (χ0v) is 18.0. The fraction of sp³-hybridized carbons (Fsp3) is 0.480. The van der Waals surface area contributed by atoms with E-state index in [4.69, 9.17) is 14.2 Å². The average molecular weight is 441 g/mol. The molecule has 1 N–H and O–H groups in total. The van der Waals surface area contributed by atoms with Gasteiger partial charge in [-0.1, -0.05) is 30.3 Å². The van der Waals surface area contributed by atoms with Gasteiger partial charge >= 0.3 is 6.09 Å². The molecule has 5 rings (SSSR count). The summed E-state index contributed by atoms with van der Waals surface area (Å²) in [5.74, 6) is 1.34. The van der Waals surface area contributed by atoms with E-state index in [0.29, 0.717) is 29.1 Å². The molecule has 170 valence electrons. The number of rotatable bonds is 7. The molecule has 3 fully saturated rings. The van der Waals surface area contributed by atoms with Crippen molar-refractivity contribution in [3.8, 4) is 0 Å². The number of anilines is 2. The number of fused-ring (bicyclic) bond motifs is 1. The van der Waals surface area contributed by atoms with Gasteiger partial charge in [-0.25, -0.2) is 9.18 Å². The zero-order chi connectivity index (χ0) is 21.9. The van der Waals surface area contributed by atoms with Gasteiger partial charge in [-0.2, -0.15) is 0 Å². The molecule has 2 aliphatic heterocycles. The molecule has 0 radical (unpaired) electrons. The predicted octanol–water partition coefficient (Wildman–Crippen LogP) is 4.80. The molecule has 0 spiro atoms. The summed E-state index contributed by atoms with van der Waals surface area (Å²) in [5, 5.41) is 2.60. The standard InChI is InChI=1S/C25H29FN2O4/c26-22-12-18(27-25(29)32-15-17-6-2-1-3-7-17)9-10-23(22)28-13-19-20(14-28)21(19)16-31-24-8-4-5-11-30-24/h1-3,6-7,9-10,12,19-21,24H,4-5,8,11,13-16H2,(H,27,29). The van der Waals surface area contributed by atoms with Crippen LogP contribution in [0.2, 0.25) is 0 Å². The lowest BCUT2D eigenvalue weighted by Crippen LogP contribution is -2.28. The normalized spacial score (nSPS) is 26.5. The van der Waals surface area contributed by atoms with Gasteiger partial charge in [-0.05, 0) is 60.8 Å². The van der Waals surface area contributed by atoms with Crippen molar-refractivity contribution < 1.29 is 23.4 Å². The van der Waals surface area contributed by atoms with Gasteiger partial charge in [-0.3, -0.25) is 5.32 Å². The summed E-state index contributed by atoms with van der Waals surface area (Å²) in [7, 11) is 0. The second kappa shape index (κ2) is 9.46. The topological polar surface area (TPSA) is 60.0 Å². The Morgan fingerprint density at radius 3 is 2.66 bits per heavy atom. The summed E-state index contributed by atoms with van der Waals surface area (Å²) >= 11 is 0. The van der Waals surface area contributed by atoms with Crippen LogP contribution in [0, 0.1) is 23.6 Å². The summed E-state index contributed by atoms with van der Waals surface area (Å²) in [6, 6.07) is 14.2. The largest absolute Gasteiger partial charge is 0.444 e. The van der Waals surface area contributed by atoms with E-state index in [1.165, 1.54) is 12.5 Å². The van der Waals surface area contributed by atoms with Crippen molar-refractivity contribution in [2.45, 2.75) is 32.2 Å². The Kier molecular flexibility index (Phi) is 6.28. The van der Waals surface area contributed by atoms with E-state index in [1.54, 1.807) is 12.1 Å². The van der Waals surface area contributed by atoms with Crippen molar-refractivity contribution in [3.05, 3.63) is 59.9 Å². The Morgan fingerprint density at radius 1 is 1.12 bits per heavy atom. The minimum atomic E-state index is -0.604. The molecule has 0 aromatic heterocycles. The SMILES string of the molecule is O=C(Nc1ccc(N2CC3C(COC4CCCCO4)C3C2)c(F)c1)OCc1ccccc1. The molecule has 2 saturated heterocycles. The molecule has 3 unspecified atom stereocenters. The fourth-order valence-corrected chi connectivity index (χ4v) is 4.87. The summed E-state index contributed by atoms with van der Waals surface area (Å²) in [6.07, 6.45) is 2.63. The second-order valence-corrected chi connectivity index (χ2v) is 8.88. The minimum absolute atomic E-state index is 0.0435. The monoisotopic (exact) mass is 440 g/mol. The van der Waals surface area contributed by atoms with Crippen LogP contribution in [0.5, 0.6) is 0 Å². The van der Waals surface area contributed by atoms with Crippen molar-refractivity contribution in [3.63, 3.8) is 0 Å². The third-order valence-corrected chi connectivity index (χ3v) is 6.73. The van der Waals surface area contributed by atoms with Gasteiger partial charge in [0.2, 0.25) is 0 Å². The average Bonchev–Trinajstić information content (AvgIpc) is 3.26. The maximum absolute atomic E-state index is 14.8. The molecular weight excluding hydrogens is 411 g/mol. The lowest BCUT2D eigenvalue weighted by Gasteiger charge is -2.25. The van der Waals surface area contributed by atoms with Crippen molar-refractivity contribution >= 4 is 17.5 Å². The van der Waals surface area contributed by atoms with Crippen LogP contribution < -0.4 is 10.2 Å². The molecule has 3 aliphatic rings. The second-order valence-electron chi connectivity index (χ2n) is 8.88. The number of nitrogens with zero attached hydrogens (tertiary/aromatic N) is 1. The number of carbonyl (C=O) groups is 1. The third kappa shape index (κ3) is 4.89. The lowest BCUT2D eigenvalue weighted by molar-refractivity contribution is -0.165. The first-order valence-corrected chi connectivity index (χ1v) is 11.4. The van der Waals surface area contributed by atoms with Crippen molar-refractivity contribution in [2.75, 3.05) is 36.5 Å². The van der Waals surface area contributed by atoms with Crippen LogP contribution >= 0.6 is 0 Å². The Hall–Kier alpha value is -2.64. The number of piperidine rings is 1. The summed E-state index contributed by atoms with van der Waals surface area (Å²) in [6.45, 7) is 3.39. The highest BCUT2D eigenvalue weighted by Crippen LogP contribution is 2.53. The van der Waals surface area contributed by atoms with Crippen molar-refractivity contribution in [2.24, 2.45) is 17.8 Å². The first-order chi connectivity index (χ1) is 15.7. The first-order valence-electron chi connectivity index (χ1n) is 11.4. The van der Waals surface area contributed by atoms with E-state index < -0.39 is 6.09 Å². The number of halogens is 1. The van der Waals surface area contributed by atoms with Gasteiger partial charge in [0.1, 0.15) is 12.4 Å². The Morgan fingerprint density at radius 2 is 1.94 bits per heavy atom. The summed E-state index contributed by atoms with van der Waals surface area (Å²) in [4.78, 5) is 14.1. The fourth-order valence-electron chi connectivity index (χ4n) is 4.87. The molecule has 2 heterocycles. The van der Waals surface area contributed by atoms with Gasteiger partial charge in [0.25, 0.3) is 0 Å². The summed E-state index contributed by atoms with van der Waals surface area (Å²) < 4.78 is 31.5. The van der Waals surface area contributed by atoms with Crippen LogP contribution in [0.1, 0.15) is 24.8 Å². The number of amides is 1.